The predicted octanol–water partition coefficient (Wildman–Crippen LogP) is 3.25. The molecule has 18 heavy (non-hydrogen) atoms. The first-order valence-corrected chi connectivity index (χ1v) is 6.88. The first-order chi connectivity index (χ1) is 8.84. The van der Waals surface area contributed by atoms with Gasteiger partial charge in [0.2, 0.25) is 0 Å². The van der Waals surface area contributed by atoms with Crippen molar-refractivity contribution in [3.63, 3.8) is 0 Å². The van der Waals surface area contributed by atoms with Gasteiger partial charge in [0.1, 0.15) is 6.26 Å². The van der Waals surface area contributed by atoms with Crippen LogP contribution in [0.2, 0.25) is 0 Å². The number of benzene rings is 1. The minimum atomic E-state index is -0.0737. The molecule has 1 aromatic carbocycles. The first kappa shape index (κ1) is 11.4. The van der Waals surface area contributed by atoms with E-state index in [1.807, 2.05) is 23.9 Å². The highest BCUT2D eigenvalue weighted by Gasteiger charge is 2.22. The molecule has 0 fully saturated rings. The highest BCUT2D eigenvalue weighted by Crippen LogP contribution is 2.35. The fraction of sp³-hybridized carbons (Fsp3) is 0.214. The highest BCUT2D eigenvalue weighted by atomic mass is 32.2. The molecular weight excluding hydrogens is 246 g/mol. The second kappa shape index (κ2) is 4.90. The summed E-state index contributed by atoms with van der Waals surface area (Å²) in [6.07, 6.45) is 3.95. The van der Waals surface area contributed by atoms with Gasteiger partial charge < -0.3 is 9.73 Å². The number of amides is 1. The molecule has 1 amide bonds. The lowest BCUT2D eigenvalue weighted by molar-refractivity contribution is 0.0934. The van der Waals surface area contributed by atoms with Gasteiger partial charge in [0.05, 0.1) is 17.9 Å². The van der Waals surface area contributed by atoms with E-state index in [2.05, 4.69) is 17.4 Å². The second-order valence-electron chi connectivity index (χ2n) is 4.21. The van der Waals surface area contributed by atoms with Crippen molar-refractivity contribution in [2.45, 2.75) is 17.4 Å². The molecule has 2 aromatic rings. The van der Waals surface area contributed by atoms with Crippen molar-refractivity contribution in [1.29, 1.82) is 0 Å². The van der Waals surface area contributed by atoms with Crippen molar-refractivity contribution in [2.75, 3.05) is 5.75 Å². The van der Waals surface area contributed by atoms with E-state index in [0.717, 1.165) is 12.2 Å². The largest absolute Gasteiger partial charge is 0.472 e. The van der Waals surface area contributed by atoms with Gasteiger partial charge in [-0.2, -0.15) is 0 Å². The Kier molecular flexibility index (Phi) is 3.11. The van der Waals surface area contributed by atoms with Gasteiger partial charge in [-0.05, 0) is 24.1 Å². The smallest absolute Gasteiger partial charge is 0.255 e. The van der Waals surface area contributed by atoms with Gasteiger partial charge in [-0.1, -0.05) is 18.2 Å². The lowest BCUT2D eigenvalue weighted by atomic mass is 10.0. The van der Waals surface area contributed by atoms with Crippen LogP contribution < -0.4 is 5.32 Å². The molecule has 0 unspecified atom stereocenters. The van der Waals surface area contributed by atoms with E-state index in [-0.39, 0.29) is 11.9 Å². The average Bonchev–Trinajstić information content (AvgIpc) is 2.93. The topological polar surface area (TPSA) is 42.2 Å². The molecule has 1 aliphatic rings. The molecule has 0 aliphatic carbocycles. The lowest BCUT2D eigenvalue weighted by Crippen LogP contribution is -2.30. The van der Waals surface area contributed by atoms with E-state index in [1.54, 1.807) is 6.07 Å². The maximum absolute atomic E-state index is 12.0. The van der Waals surface area contributed by atoms with Crippen LogP contribution in [0.3, 0.4) is 0 Å². The van der Waals surface area contributed by atoms with Crippen LogP contribution in [0.5, 0.6) is 0 Å². The van der Waals surface area contributed by atoms with Gasteiger partial charge in [-0.3, -0.25) is 4.79 Å². The van der Waals surface area contributed by atoms with Crippen LogP contribution >= 0.6 is 11.8 Å². The number of nitrogens with one attached hydrogen (secondary N) is 1. The second-order valence-corrected chi connectivity index (χ2v) is 5.35. The molecule has 0 bridgehead atoms. The summed E-state index contributed by atoms with van der Waals surface area (Å²) in [5.74, 6) is 0.961. The summed E-state index contributed by atoms with van der Waals surface area (Å²) >= 11 is 1.85. The number of carbonyl (C=O) groups excluding carboxylic acids is 1. The first-order valence-electron chi connectivity index (χ1n) is 5.89. The SMILES string of the molecule is O=C(N[C@H]1CCSc2ccccc21)c1ccoc1. The van der Waals surface area contributed by atoms with Gasteiger partial charge in [0.25, 0.3) is 5.91 Å². The van der Waals surface area contributed by atoms with Gasteiger partial charge in [0.15, 0.2) is 0 Å². The molecule has 3 nitrogen and oxygen atoms in total. The molecule has 2 heterocycles. The Hall–Kier alpha value is -1.68. The molecule has 0 saturated heterocycles. The standard InChI is InChI=1S/C14H13NO2S/c16-14(10-5-7-17-9-10)15-12-6-8-18-13-4-2-1-3-11(12)13/h1-5,7,9,12H,6,8H2,(H,15,16)/t12-/m0/s1. The molecule has 0 spiro atoms. The minimum Gasteiger partial charge on any atom is -0.472 e. The number of thioether (sulfide) groups is 1. The number of hydrogen-bond donors (Lipinski definition) is 1. The van der Waals surface area contributed by atoms with E-state index >= 15 is 0 Å². The Labute approximate surface area is 110 Å². The molecule has 1 aromatic heterocycles. The van der Waals surface area contributed by atoms with Crippen LogP contribution in [-0.2, 0) is 0 Å². The zero-order valence-corrected chi connectivity index (χ0v) is 10.6. The van der Waals surface area contributed by atoms with Crippen LogP contribution in [0.15, 0.2) is 52.2 Å². The summed E-state index contributed by atoms with van der Waals surface area (Å²) in [5, 5.41) is 3.07. The van der Waals surface area contributed by atoms with E-state index in [0.29, 0.717) is 5.56 Å². The normalized spacial score (nSPS) is 18.1. The average molecular weight is 259 g/mol. The molecule has 3 rings (SSSR count). The Bertz CT molecular complexity index is 551. The summed E-state index contributed by atoms with van der Waals surface area (Å²) in [6, 6.07) is 10.0. The van der Waals surface area contributed by atoms with Gasteiger partial charge in [-0.25, -0.2) is 0 Å². The molecule has 92 valence electrons. The van der Waals surface area contributed by atoms with E-state index < -0.39 is 0 Å². The third-order valence-electron chi connectivity index (χ3n) is 3.05. The van der Waals surface area contributed by atoms with Crippen molar-refractivity contribution < 1.29 is 9.21 Å². The van der Waals surface area contributed by atoms with Crippen molar-refractivity contribution in [1.82, 2.24) is 5.32 Å². The quantitative estimate of drug-likeness (QED) is 0.900. The maximum Gasteiger partial charge on any atom is 0.255 e. The van der Waals surface area contributed by atoms with Gasteiger partial charge in [0, 0.05) is 10.6 Å². The van der Waals surface area contributed by atoms with E-state index in [1.165, 1.54) is 23.0 Å². The van der Waals surface area contributed by atoms with E-state index in [9.17, 15) is 4.79 Å². The molecule has 1 atom stereocenters. The van der Waals surface area contributed by atoms with Crippen LogP contribution in [-0.4, -0.2) is 11.7 Å². The Morgan fingerprint density at radius 1 is 1.33 bits per heavy atom. The highest BCUT2D eigenvalue weighted by molar-refractivity contribution is 7.99. The van der Waals surface area contributed by atoms with Crippen LogP contribution in [0, 0.1) is 0 Å². The Morgan fingerprint density at radius 2 is 2.22 bits per heavy atom. The fourth-order valence-corrected chi connectivity index (χ4v) is 3.25. The number of fused-ring (bicyclic) bond motifs is 1. The molecule has 0 saturated carbocycles. The van der Waals surface area contributed by atoms with Crippen molar-refractivity contribution in [3.05, 3.63) is 54.0 Å². The fourth-order valence-electron chi connectivity index (χ4n) is 2.13. The Morgan fingerprint density at radius 3 is 3.06 bits per heavy atom. The van der Waals surface area contributed by atoms with Crippen LogP contribution in [0.1, 0.15) is 28.4 Å². The number of carbonyl (C=O) groups is 1. The molecule has 1 aliphatic heterocycles. The zero-order chi connectivity index (χ0) is 12.4. The number of hydrogen-bond acceptors (Lipinski definition) is 3. The predicted molar refractivity (Wildman–Crippen MR) is 70.7 cm³/mol. The van der Waals surface area contributed by atoms with Crippen molar-refractivity contribution in [2.24, 2.45) is 0 Å². The molecule has 4 heteroatoms. The zero-order valence-electron chi connectivity index (χ0n) is 9.76. The number of furan rings is 1. The number of rotatable bonds is 2. The Balaban J connectivity index is 1.80. The monoisotopic (exact) mass is 259 g/mol. The molecule has 0 radical (unpaired) electrons. The molecule has 1 N–H and O–H groups in total. The third-order valence-corrected chi connectivity index (χ3v) is 4.17. The molecular formula is C14H13NO2S. The summed E-state index contributed by atoms with van der Waals surface area (Å²) in [6.45, 7) is 0. The van der Waals surface area contributed by atoms with Gasteiger partial charge >= 0.3 is 0 Å². The third kappa shape index (κ3) is 2.16. The van der Waals surface area contributed by atoms with Crippen LogP contribution in [0.4, 0.5) is 0 Å². The van der Waals surface area contributed by atoms with E-state index in [4.69, 9.17) is 4.42 Å². The van der Waals surface area contributed by atoms with Crippen molar-refractivity contribution >= 4 is 17.7 Å². The van der Waals surface area contributed by atoms with Crippen molar-refractivity contribution in [3.8, 4) is 0 Å². The minimum absolute atomic E-state index is 0.0737. The maximum atomic E-state index is 12.0. The summed E-state index contributed by atoms with van der Waals surface area (Å²) in [5.41, 5.74) is 1.79. The summed E-state index contributed by atoms with van der Waals surface area (Å²) in [4.78, 5) is 13.3. The summed E-state index contributed by atoms with van der Waals surface area (Å²) in [7, 11) is 0. The summed E-state index contributed by atoms with van der Waals surface area (Å²) < 4.78 is 4.93. The lowest BCUT2D eigenvalue weighted by Gasteiger charge is -2.25. The van der Waals surface area contributed by atoms with Crippen LogP contribution in [0.25, 0.3) is 0 Å². The van der Waals surface area contributed by atoms with Gasteiger partial charge in [-0.15, -0.1) is 11.8 Å².